The van der Waals surface area contributed by atoms with Gasteiger partial charge in [0.1, 0.15) is 0 Å². The summed E-state index contributed by atoms with van der Waals surface area (Å²) in [5.41, 5.74) is 0.504. The molecule has 1 rings (SSSR count). The standard InChI is InChI=1S/C13H19NO4S/c1-10(2)13(16)11-4-6-12(7-5-11)19(17,18)14-8-3-9-15/h4-7,10,14-15H,3,8-9H2,1-2H3. The van der Waals surface area contributed by atoms with Gasteiger partial charge in [-0.25, -0.2) is 13.1 Å². The quantitative estimate of drug-likeness (QED) is 0.582. The zero-order valence-corrected chi connectivity index (χ0v) is 11.9. The molecule has 2 N–H and O–H groups in total. The molecular weight excluding hydrogens is 266 g/mol. The molecule has 0 atom stereocenters. The van der Waals surface area contributed by atoms with Gasteiger partial charge < -0.3 is 5.11 Å². The second-order valence-electron chi connectivity index (χ2n) is 4.52. The van der Waals surface area contributed by atoms with Gasteiger partial charge in [-0.15, -0.1) is 0 Å². The molecule has 0 aliphatic carbocycles. The summed E-state index contributed by atoms with van der Waals surface area (Å²) in [6.07, 6.45) is 0.364. The molecule has 0 spiro atoms. The molecule has 1 aromatic rings. The molecule has 5 nitrogen and oxygen atoms in total. The van der Waals surface area contributed by atoms with E-state index in [2.05, 4.69) is 4.72 Å². The number of hydrogen-bond donors (Lipinski definition) is 2. The van der Waals surface area contributed by atoms with Crippen molar-refractivity contribution in [3.63, 3.8) is 0 Å². The van der Waals surface area contributed by atoms with E-state index in [1.54, 1.807) is 13.8 Å². The Labute approximate surface area is 113 Å². The highest BCUT2D eigenvalue weighted by molar-refractivity contribution is 7.89. The second-order valence-corrected chi connectivity index (χ2v) is 6.29. The van der Waals surface area contributed by atoms with Crippen LogP contribution in [-0.2, 0) is 10.0 Å². The average Bonchev–Trinajstić information content (AvgIpc) is 2.38. The Morgan fingerprint density at radius 2 is 1.84 bits per heavy atom. The number of carbonyl (C=O) groups is 1. The Kier molecular flexibility index (Phi) is 5.65. The van der Waals surface area contributed by atoms with Gasteiger partial charge in [-0.2, -0.15) is 0 Å². The van der Waals surface area contributed by atoms with Gasteiger partial charge in [0, 0.05) is 24.6 Å². The van der Waals surface area contributed by atoms with Crippen molar-refractivity contribution in [2.45, 2.75) is 25.2 Å². The van der Waals surface area contributed by atoms with Crippen molar-refractivity contribution in [2.75, 3.05) is 13.2 Å². The van der Waals surface area contributed by atoms with Gasteiger partial charge in [0.2, 0.25) is 10.0 Å². The second kappa shape index (κ2) is 6.79. The monoisotopic (exact) mass is 285 g/mol. The zero-order chi connectivity index (χ0) is 14.5. The van der Waals surface area contributed by atoms with E-state index < -0.39 is 10.0 Å². The molecule has 0 aromatic heterocycles. The van der Waals surface area contributed by atoms with Crippen molar-refractivity contribution in [2.24, 2.45) is 5.92 Å². The predicted molar refractivity (Wildman–Crippen MR) is 72.5 cm³/mol. The summed E-state index contributed by atoms with van der Waals surface area (Å²) in [7, 11) is -3.57. The van der Waals surface area contributed by atoms with E-state index >= 15 is 0 Å². The topological polar surface area (TPSA) is 83.5 Å². The summed E-state index contributed by atoms with van der Waals surface area (Å²) in [6, 6.07) is 5.86. The summed E-state index contributed by atoms with van der Waals surface area (Å²) >= 11 is 0. The van der Waals surface area contributed by atoms with Crippen LogP contribution in [0.3, 0.4) is 0 Å². The van der Waals surface area contributed by atoms with Crippen LogP contribution in [0.15, 0.2) is 29.2 Å². The van der Waals surface area contributed by atoms with Crippen LogP contribution in [0.2, 0.25) is 0 Å². The predicted octanol–water partition coefficient (Wildman–Crippen LogP) is 1.19. The maximum atomic E-state index is 11.8. The molecule has 1 aromatic carbocycles. The molecule has 0 aliphatic rings. The van der Waals surface area contributed by atoms with E-state index in [-0.39, 0.29) is 29.7 Å². The molecule has 0 bridgehead atoms. The first-order chi connectivity index (χ1) is 8.88. The summed E-state index contributed by atoms with van der Waals surface area (Å²) in [4.78, 5) is 11.8. The number of benzene rings is 1. The first-order valence-electron chi connectivity index (χ1n) is 6.13. The Morgan fingerprint density at radius 3 is 2.32 bits per heavy atom. The van der Waals surface area contributed by atoms with Gasteiger partial charge in [0.05, 0.1) is 4.90 Å². The fraction of sp³-hybridized carbons (Fsp3) is 0.462. The van der Waals surface area contributed by atoms with Crippen molar-refractivity contribution >= 4 is 15.8 Å². The smallest absolute Gasteiger partial charge is 0.240 e. The number of rotatable bonds is 7. The van der Waals surface area contributed by atoms with Crippen LogP contribution in [-0.4, -0.2) is 32.5 Å². The molecule has 106 valence electrons. The van der Waals surface area contributed by atoms with E-state index in [9.17, 15) is 13.2 Å². The number of sulfonamides is 1. The molecule has 6 heteroatoms. The summed E-state index contributed by atoms with van der Waals surface area (Å²) in [5, 5.41) is 8.61. The van der Waals surface area contributed by atoms with Gasteiger partial charge in [-0.05, 0) is 18.6 Å². The average molecular weight is 285 g/mol. The zero-order valence-electron chi connectivity index (χ0n) is 11.1. The van der Waals surface area contributed by atoms with Crippen LogP contribution < -0.4 is 4.72 Å². The molecule has 0 saturated carbocycles. The number of aliphatic hydroxyl groups excluding tert-OH is 1. The van der Waals surface area contributed by atoms with Gasteiger partial charge in [-0.1, -0.05) is 26.0 Å². The number of nitrogens with one attached hydrogen (secondary N) is 1. The lowest BCUT2D eigenvalue weighted by atomic mass is 10.0. The largest absolute Gasteiger partial charge is 0.396 e. The lowest BCUT2D eigenvalue weighted by Gasteiger charge is -2.08. The number of carbonyl (C=O) groups excluding carboxylic acids is 1. The molecular formula is C13H19NO4S. The minimum atomic E-state index is -3.57. The Balaban J connectivity index is 2.84. The first kappa shape index (κ1) is 15.8. The molecule has 19 heavy (non-hydrogen) atoms. The molecule has 0 amide bonds. The Bertz CT molecular complexity index is 520. The van der Waals surface area contributed by atoms with Crippen LogP contribution >= 0.6 is 0 Å². The lowest BCUT2D eigenvalue weighted by Crippen LogP contribution is -2.25. The van der Waals surface area contributed by atoms with Crippen molar-refractivity contribution in [1.29, 1.82) is 0 Å². The molecule has 0 heterocycles. The maximum absolute atomic E-state index is 11.8. The van der Waals surface area contributed by atoms with Crippen molar-refractivity contribution in [3.8, 4) is 0 Å². The molecule has 0 unspecified atom stereocenters. The minimum absolute atomic E-state index is 0.0165. The van der Waals surface area contributed by atoms with Crippen LogP contribution in [0.5, 0.6) is 0 Å². The molecule has 0 saturated heterocycles. The molecule has 0 aliphatic heterocycles. The first-order valence-corrected chi connectivity index (χ1v) is 7.61. The normalized spacial score (nSPS) is 11.8. The number of aliphatic hydroxyl groups is 1. The molecule has 0 radical (unpaired) electrons. The van der Waals surface area contributed by atoms with E-state index in [0.717, 1.165) is 0 Å². The number of ketones is 1. The fourth-order valence-corrected chi connectivity index (χ4v) is 2.57. The van der Waals surface area contributed by atoms with Crippen molar-refractivity contribution in [1.82, 2.24) is 4.72 Å². The van der Waals surface area contributed by atoms with E-state index in [4.69, 9.17) is 5.11 Å². The fourth-order valence-electron chi connectivity index (χ4n) is 1.50. The highest BCUT2D eigenvalue weighted by Crippen LogP contribution is 2.13. The van der Waals surface area contributed by atoms with Gasteiger partial charge >= 0.3 is 0 Å². The summed E-state index contributed by atoms with van der Waals surface area (Å²) < 4.78 is 26.1. The maximum Gasteiger partial charge on any atom is 0.240 e. The van der Waals surface area contributed by atoms with Crippen LogP contribution in [0.4, 0.5) is 0 Å². The van der Waals surface area contributed by atoms with Crippen LogP contribution in [0.25, 0.3) is 0 Å². The number of Topliss-reactive ketones (excluding diaryl/α,β-unsaturated/α-hetero) is 1. The number of hydrogen-bond acceptors (Lipinski definition) is 4. The van der Waals surface area contributed by atoms with E-state index in [0.29, 0.717) is 12.0 Å². The van der Waals surface area contributed by atoms with Crippen LogP contribution in [0, 0.1) is 5.92 Å². The van der Waals surface area contributed by atoms with Crippen molar-refractivity contribution < 1.29 is 18.3 Å². The highest BCUT2D eigenvalue weighted by atomic mass is 32.2. The Hall–Kier alpha value is -1.24. The van der Waals surface area contributed by atoms with Gasteiger partial charge in [0.25, 0.3) is 0 Å². The minimum Gasteiger partial charge on any atom is -0.396 e. The van der Waals surface area contributed by atoms with E-state index in [1.807, 2.05) is 0 Å². The van der Waals surface area contributed by atoms with Crippen LogP contribution in [0.1, 0.15) is 30.6 Å². The highest BCUT2D eigenvalue weighted by Gasteiger charge is 2.15. The summed E-state index contributed by atoms with van der Waals surface area (Å²) in [5.74, 6) is -0.137. The van der Waals surface area contributed by atoms with Gasteiger partial charge in [-0.3, -0.25) is 4.79 Å². The van der Waals surface area contributed by atoms with E-state index in [1.165, 1.54) is 24.3 Å². The molecule has 0 fully saturated rings. The van der Waals surface area contributed by atoms with Crippen molar-refractivity contribution in [3.05, 3.63) is 29.8 Å². The summed E-state index contributed by atoms with van der Waals surface area (Å²) in [6.45, 7) is 3.71. The third kappa shape index (κ3) is 4.41. The Morgan fingerprint density at radius 1 is 1.26 bits per heavy atom. The SMILES string of the molecule is CC(C)C(=O)c1ccc(S(=O)(=O)NCCCO)cc1. The third-order valence-electron chi connectivity index (χ3n) is 2.60. The third-order valence-corrected chi connectivity index (χ3v) is 4.08. The lowest BCUT2D eigenvalue weighted by molar-refractivity contribution is 0.0939. The van der Waals surface area contributed by atoms with Gasteiger partial charge in [0.15, 0.2) is 5.78 Å².